The van der Waals surface area contributed by atoms with Crippen LogP contribution in [0.1, 0.15) is 28.8 Å². The molecule has 0 spiro atoms. The molecular formula is C21H21N3O2S2. The first-order chi connectivity index (χ1) is 13.7. The summed E-state index contributed by atoms with van der Waals surface area (Å²) in [6.07, 6.45) is 1.98. The van der Waals surface area contributed by atoms with E-state index >= 15 is 0 Å². The second-order valence-electron chi connectivity index (χ2n) is 6.75. The number of rotatable bonds is 8. The highest BCUT2D eigenvalue weighted by Crippen LogP contribution is 2.31. The third kappa shape index (κ3) is 4.91. The molecule has 0 saturated heterocycles. The number of carbonyl (C=O) groups excluding carboxylic acids is 2. The van der Waals surface area contributed by atoms with Gasteiger partial charge in [0.15, 0.2) is 4.34 Å². The molecule has 4 rings (SSSR count). The van der Waals surface area contributed by atoms with Crippen molar-refractivity contribution in [3.05, 3.63) is 59.7 Å². The number of thiazole rings is 1. The number of nitrogens with zero attached hydrogens (tertiary/aromatic N) is 1. The van der Waals surface area contributed by atoms with Crippen LogP contribution in [-0.2, 0) is 10.5 Å². The number of hydrogen-bond donors (Lipinski definition) is 2. The SMILES string of the molecule is O=C(NCCNC(=O)C1CC1)c1ccc(CSc2nc3ccccc3s2)cc1. The third-order valence-corrected chi connectivity index (χ3v) is 6.76. The summed E-state index contributed by atoms with van der Waals surface area (Å²) in [4.78, 5) is 28.4. The van der Waals surface area contributed by atoms with Gasteiger partial charge >= 0.3 is 0 Å². The molecule has 1 saturated carbocycles. The number of hydrogen-bond acceptors (Lipinski definition) is 5. The van der Waals surface area contributed by atoms with Gasteiger partial charge in [0, 0.05) is 30.3 Å². The molecule has 1 aliphatic rings. The van der Waals surface area contributed by atoms with Crippen molar-refractivity contribution < 1.29 is 9.59 Å². The first-order valence-corrected chi connectivity index (χ1v) is 11.1. The minimum atomic E-state index is -0.119. The highest BCUT2D eigenvalue weighted by molar-refractivity contribution is 8.00. The molecule has 0 aliphatic heterocycles. The highest BCUT2D eigenvalue weighted by Gasteiger charge is 2.28. The molecule has 0 bridgehead atoms. The van der Waals surface area contributed by atoms with E-state index in [1.807, 2.05) is 42.5 Å². The molecule has 2 aromatic carbocycles. The van der Waals surface area contributed by atoms with Crippen molar-refractivity contribution in [2.24, 2.45) is 5.92 Å². The van der Waals surface area contributed by atoms with Crippen LogP contribution < -0.4 is 10.6 Å². The Morgan fingerprint density at radius 3 is 2.54 bits per heavy atom. The summed E-state index contributed by atoms with van der Waals surface area (Å²) in [5.41, 5.74) is 2.81. The van der Waals surface area contributed by atoms with Gasteiger partial charge in [0.05, 0.1) is 10.2 Å². The largest absolute Gasteiger partial charge is 0.354 e. The number of para-hydroxylation sites is 1. The van der Waals surface area contributed by atoms with Gasteiger partial charge in [-0.25, -0.2) is 4.98 Å². The predicted molar refractivity (Wildman–Crippen MR) is 114 cm³/mol. The highest BCUT2D eigenvalue weighted by atomic mass is 32.2. The summed E-state index contributed by atoms with van der Waals surface area (Å²) >= 11 is 3.41. The van der Waals surface area contributed by atoms with E-state index < -0.39 is 0 Å². The fraction of sp³-hybridized carbons (Fsp3) is 0.286. The Morgan fingerprint density at radius 2 is 1.79 bits per heavy atom. The molecule has 144 valence electrons. The lowest BCUT2D eigenvalue weighted by atomic mass is 10.1. The summed E-state index contributed by atoms with van der Waals surface area (Å²) in [5, 5.41) is 5.68. The van der Waals surface area contributed by atoms with Crippen molar-refractivity contribution in [1.82, 2.24) is 15.6 Å². The zero-order valence-corrected chi connectivity index (χ0v) is 16.9. The van der Waals surface area contributed by atoms with Crippen molar-refractivity contribution in [2.45, 2.75) is 22.9 Å². The smallest absolute Gasteiger partial charge is 0.251 e. The van der Waals surface area contributed by atoms with Gasteiger partial charge in [-0.1, -0.05) is 36.0 Å². The molecular weight excluding hydrogens is 390 g/mol. The number of carbonyl (C=O) groups is 2. The number of amides is 2. The Bertz CT molecular complexity index is 948. The maximum absolute atomic E-state index is 12.2. The molecule has 2 N–H and O–H groups in total. The lowest BCUT2D eigenvalue weighted by molar-refractivity contribution is -0.122. The van der Waals surface area contributed by atoms with E-state index in [-0.39, 0.29) is 17.7 Å². The van der Waals surface area contributed by atoms with Crippen LogP contribution in [0.4, 0.5) is 0 Å². The van der Waals surface area contributed by atoms with Gasteiger partial charge in [0.2, 0.25) is 5.91 Å². The Labute approximate surface area is 171 Å². The Balaban J connectivity index is 1.23. The molecule has 3 aromatic rings. The van der Waals surface area contributed by atoms with E-state index in [1.165, 1.54) is 4.70 Å². The maximum Gasteiger partial charge on any atom is 0.251 e. The van der Waals surface area contributed by atoms with Crippen LogP contribution in [0.2, 0.25) is 0 Å². The second kappa shape index (κ2) is 8.75. The Kier molecular flexibility index (Phi) is 5.92. The van der Waals surface area contributed by atoms with Crippen molar-refractivity contribution in [3.8, 4) is 0 Å². The third-order valence-electron chi connectivity index (χ3n) is 4.51. The molecule has 1 heterocycles. The lowest BCUT2D eigenvalue weighted by Gasteiger charge is -2.07. The van der Waals surface area contributed by atoms with Crippen molar-refractivity contribution >= 4 is 45.1 Å². The summed E-state index contributed by atoms with van der Waals surface area (Å²) in [6, 6.07) is 15.8. The summed E-state index contributed by atoms with van der Waals surface area (Å²) in [6.45, 7) is 0.907. The van der Waals surface area contributed by atoms with E-state index in [1.54, 1.807) is 23.1 Å². The van der Waals surface area contributed by atoms with Crippen LogP contribution in [0.25, 0.3) is 10.2 Å². The average Bonchev–Trinajstić information content (AvgIpc) is 3.49. The summed E-state index contributed by atoms with van der Waals surface area (Å²) in [5.74, 6) is 0.994. The minimum Gasteiger partial charge on any atom is -0.354 e. The van der Waals surface area contributed by atoms with Gasteiger partial charge in [-0.15, -0.1) is 11.3 Å². The van der Waals surface area contributed by atoms with Crippen molar-refractivity contribution in [3.63, 3.8) is 0 Å². The fourth-order valence-corrected chi connectivity index (χ4v) is 4.79. The molecule has 1 aromatic heterocycles. The standard InChI is InChI=1S/C21H21N3O2S2/c25-19(22-11-12-23-20(26)16-9-10-16)15-7-5-14(6-8-15)13-27-21-24-17-3-1-2-4-18(17)28-21/h1-8,16H,9-13H2,(H,22,25)(H,23,26). The van der Waals surface area contributed by atoms with Gasteiger partial charge in [-0.2, -0.15) is 0 Å². The molecule has 2 amide bonds. The molecule has 0 atom stereocenters. The zero-order valence-electron chi connectivity index (χ0n) is 15.3. The van der Waals surface area contributed by atoms with E-state index in [4.69, 9.17) is 0 Å². The molecule has 28 heavy (non-hydrogen) atoms. The normalized spacial score (nSPS) is 13.4. The van der Waals surface area contributed by atoms with Crippen LogP contribution in [0, 0.1) is 5.92 Å². The van der Waals surface area contributed by atoms with Crippen LogP contribution >= 0.6 is 23.1 Å². The fourth-order valence-electron chi connectivity index (χ4n) is 2.76. The van der Waals surface area contributed by atoms with Crippen LogP contribution in [0.5, 0.6) is 0 Å². The first-order valence-electron chi connectivity index (χ1n) is 9.32. The molecule has 1 aliphatic carbocycles. The number of aromatic nitrogens is 1. The number of benzene rings is 2. The summed E-state index contributed by atoms with van der Waals surface area (Å²) in [7, 11) is 0. The first kappa shape index (κ1) is 19.0. The quantitative estimate of drug-likeness (QED) is 0.436. The number of fused-ring (bicyclic) bond motifs is 1. The van der Waals surface area contributed by atoms with Gasteiger partial charge in [0.1, 0.15) is 0 Å². The molecule has 7 heteroatoms. The van der Waals surface area contributed by atoms with Crippen molar-refractivity contribution in [1.29, 1.82) is 0 Å². The van der Waals surface area contributed by atoms with Crippen LogP contribution in [-0.4, -0.2) is 29.9 Å². The maximum atomic E-state index is 12.2. The number of nitrogens with one attached hydrogen (secondary N) is 2. The van der Waals surface area contributed by atoms with Gasteiger partial charge in [0.25, 0.3) is 5.91 Å². The zero-order chi connectivity index (χ0) is 19.3. The van der Waals surface area contributed by atoms with Gasteiger partial charge in [-0.3, -0.25) is 9.59 Å². The Morgan fingerprint density at radius 1 is 1.04 bits per heavy atom. The van der Waals surface area contributed by atoms with Gasteiger partial charge in [-0.05, 0) is 42.7 Å². The Hall–Kier alpha value is -2.38. The number of thioether (sulfide) groups is 1. The van der Waals surface area contributed by atoms with Crippen LogP contribution in [0.3, 0.4) is 0 Å². The topological polar surface area (TPSA) is 71.1 Å². The monoisotopic (exact) mass is 411 g/mol. The molecule has 5 nitrogen and oxygen atoms in total. The predicted octanol–water partition coefficient (Wildman–Crippen LogP) is 3.84. The minimum absolute atomic E-state index is 0.101. The second-order valence-corrected chi connectivity index (χ2v) is 9.01. The lowest BCUT2D eigenvalue weighted by Crippen LogP contribution is -2.35. The van der Waals surface area contributed by atoms with Crippen LogP contribution in [0.15, 0.2) is 52.9 Å². The van der Waals surface area contributed by atoms with E-state index in [0.29, 0.717) is 18.7 Å². The average molecular weight is 412 g/mol. The van der Waals surface area contributed by atoms with E-state index in [9.17, 15) is 9.59 Å². The van der Waals surface area contributed by atoms with E-state index in [0.717, 1.165) is 34.0 Å². The van der Waals surface area contributed by atoms with Gasteiger partial charge < -0.3 is 10.6 Å². The molecule has 0 unspecified atom stereocenters. The van der Waals surface area contributed by atoms with E-state index in [2.05, 4.69) is 21.7 Å². The van der Waals surface area contributed by atoms with Crippen molar-refractivity contribution in [2.75, 3.05) is 13.1 Å². The molecule has 0 radical (unpaired) electrons. The summed E-state index contributed by atoms with van der Waals surface area (Å²) < 4.78 is 2.25. The molecule has 1 fully saturated rings.